The summed E-state index contributed by atoms with van der Waals surface area (Å²) in [7, 11) is 0. The van der Waals surface area contributed by atoms with E-state index in [-0.39, 0.29) is 11.9 Å². The first-order valence-electron chi connectivity index (χ1n) is 6.54. The van der Waals surface area contributed by atoms with Crippen molar-refractivity contribution >= 4 is 28.8 Å². The molecule has 6 heteroatoms. The van der Waals surface area contributed by atoms with Gasteiger partial charge >= 0.3 is 0 Å². The summed E-state index contributed by atoms with van der Waals surface area (Å²) in [4.78, 5) is 15.3. The molecule has 1 fully saturated rings. The molecule has 1 aromatic heterocycles. The highest BCUT2D eigenvalue weighted by atomic mass is 35.5. The van der Waals surface area contributed by atoms with Crippen molar-refractivity contribution in [1.82, 2.24) is 10.2 Å². The Hall–Kier alpha value is -0.620. The van der Waals surface area contributed by atoms with Gasteiger partial charge in [0.1, 0.15) is 0 Å². The number of carbonyl (C=O) groups excluding carboxylic acids is 1. The molecule has 1 saturated heterocycles. The molecule has 19 heavy (non-hydrogen) atoms. The highest BCUT2D eigenvalue weighted by Gasteiger charge is 2.24. The largest absolute Gasteiger partial charge is 0.378 e. The second-order valence-corrected chi connectivity index (χ2v) is 5.88. The standard InChI is InChI=1S/C13H19ClN2O2S/c1-2-11(13(17)16-4-6-18-7-5-16)15-9-12-10(14)3-8-19-12/h3,8,11,15H,2,4-7,9H2,1H3. The van der Waals surface area contributed by atoms with Crippen molar-refractivity contribution in [1.29, 1.82) is 0 Å². The summed E-state index contributed by atoms with van der Waals surface area (Å²) in [6, 6.07) is 1.74. The first kappa shape index (κ1) is 14.8. The van der Waals surface area contributed by atoms with Crippen molar-refractivity contribution in [3.05, 3.63) is 21.3 Å². The van der Waals surface area contributed by atoms with Crippen LogP contribution in [-0.2, 0) is 16.1 Å². The third kappa shape index (κ3) is 3.92. The van der Waals surface area contributed by atoms with Crippen molar-refractivity contribution in [3.8, 4) is 0 Å². The number of rotatable bonds is 5. The van der Waals surface area contributed by atoms with Crippen LogP contribution < -0.4 is 5.32 Å². The lowest BCUT2D eigenvalue weighted by molar-refractivity contribution is -0.137. The van der Waals surface area contributed by atoms with Gasteiger partial charge in [0.05, 0.1) is 24.3 Å². The number of halogens is 1. The van der Waals surface area contributed by atoms with Crippen LogP contribution in [0.4, 0.5) is 0 Å². The molecule has 2 rings (SSSR count). The predicted octanol–water partition coefficient (Wildman–Crippen LogP) is 2.13. The number of nitrogens with one attached hydrogen (secondary N) is 1. The smallest absolute Gasteiger partial charge is 0.239 e. The normalized spacial score (nSPS) is 17.5. The van der Waals surface area contributed by atoms with E-state index in [1.165, 1.54) is 0 Å². The van der Waals surface area contributed by atoms with E-state index < -0.39 is 0 Å². The maximum Gasteiger partial charge on any atom is 0.239 e. The molecule has 1 unspecified atom stereocenters. The fourth-order valence-corrected chi connectivity index (χ4v) is 3.13. The van der Waals surface area contributed by atoms with Gasteiger partial charge in [0.15, 0.2) is 0 Å². The van der Waals surface area contributed by atoms with Gasteiger partial charge in [0, 0.05) is 24.5 Å². The maximum absolute atomic E-state index is 12.4. The number of carbonyl (C=O) groups is 1. The topological polar surface area (TPSA) is 41.6 Å². The van der Waals surface area contributed by atoms with Gasteiger partial charge in [-0.2, -0.15) is 0 Å². The average Bonchev–Trinajstić information content (AvgIpc) is 2.86. The molecule has 0 bridgehead atoms. The van der Waals surface area contributed by atoms with Crippen LogP contribution in [0.2, 0.25) is 5.02 Å². The molecule has 0 saturated carbocycles. The van der Waals surface area contributed by atoms with Gasteiger partial charge in [-0.05, 0) is 17.9 Å². The number of nitrogens with zero attached hydrogens (tertiary/aromatic N) is 1. The summed E-state index contributed by atoms with van der Waals surface area (Å²) >= 11 is 7.66. The lowest BCUT2D eigenvalue weighted by Crippen LogP contribution is -2.49. The number of thiophene rings is 1. The zero-order chi connectivity index (χ0) is 13.7. The number of hydrogen-bond acceptors (Lipinski definition) is 4. The Kier molecular flexibility index (Phi) is 5.63. The Morgan fingerprint density at radius 2 is 2.32 bits per heavy atom. The molecule has 1 aliphatic heterocycles. The summed E-state index contributed by atoms with van der Waals surface area (Å²) in [5, 5.41) is 6.04. The van der Waals surface area contributed by atoms with E-state index in [9.17, 15) is 4.79 Å². The van der Waals surface area contributed by atoms with Crippen LogP contribution in [-0.4, -0.2) is 43.2 Å². The lowest BCUT2D eigenvalue weighted by Gasteiger charge is -2.30. The van der Waals surface area contributed by atoms with Crippen LogP contribution in [0.3, 0.4) is 0 Å². The molecule has 2 heterocycles. The molecule has 0 spiro atoms. The van der Waals surface area contributed by atoms with Crippen LogP contribution >= 0.6 is 22.9 Å². The molecular weight excluding hydrogens is 284 g/mol. The van der Waals surface area contributed by atoms with Crippen molar-refractivity contribution in [2.24, 2.45) is 0 Å². The molecule has 1 N–H and O–H groups in total. The summed E-state index contributed by atoms with van der Waals surface area (Å²) in [5.74, 6) is 0.165. The molecule has 0 aliphatic carbocycles. The van der Waals surface area contributed by atoms with E-state index in [4.69, 9.17) is 16.3 Å². The fraction of sp³-hybridized carbons (Fsp3) is 0.615. The zero-order valence-corrected chi connectivity index (χ0v) is 12.6. The molecule has 1 aliphatic rings. The monoisotopic (exact) mass is 302 g/mol. The van der Waals surface area contributed by atoms with Crippen LogP contribution in [0.25, 0.3) is 0 Å². The van der Waals surface area contributed by atoms with E-state index >= 15 is 0 Å². The third-order valence-electron chi connectivity index (χ3n) is 3.23. The second kappa shape index (κ2) is 7.24. The average molecular weight is 303 g/mol. The fourth-order valence-electron chi connectivity index (χ4n) is 2.08. The van der Waals surface area contributed by atoms with Gasteiger partial charge < -0.3 is 15.0 Å². The maximum atomic E-state index is 12.4. The number of amides is 1. The lowest BCUT2D eigenvalue weighted by atomic mass is 10.2. The predicted molar refractivity (Wildman–Crippen MR) is 77.6 cm³/mol. The SMILES string of the molecule is CCC(NCc1sccc1Cl)C(=O)N1CCOCC1. The summed E-state index contributed by atoms with van der Waals surface area (Å²) in [6.07, 6.45) is 0.777. The minimum absolute atomic E-state index is 0.142. The Morgan fingerprint density at radius 1 is 1.58 bits per heavy atom. The van der Waals surface area contributed by atoms with Crippen LogP contribution in [0.5, 0.6) is 0 Å². The third-order valence-corrected chi connectivity index (χ3v) is 4.62. The van der Waals surface area contributed by atoms with Gasteiger partial charge in [-0.3, -0.25) is 4.79 Å². The molecule has 1 aromatic rings. The highest BCUT2D eigenvalue weighted by molar-refractivity contribution is 7.10. The quantitative estimate of drug-likeness (QED) is 0.906. The molecular formula is C13H19ClN2O2S. The number of hydrogen-bond donors (Lipinski definition) is 1. The molecule has 106 valence electrons. The molecule has 1 atom stereocenters. The summed E-state index contributed by atoms with van der Waals surface area (Å²) in [5.41, 5.74) is 0. The molecule has 0 radical (unpaired) electrons. The minimum Gasteiger partial charge on any atom is -0.378 e. The van der Waals surface area contributed by atoms with Crippen molar-refractivity contribution < 1.29 is 9.53 Å². The summed E-state index contributed by atoms with van der Waals surface area (Å²) < 4.78 is 5.27. The first-order chi connectivity index (χ1) is 9.22. The van der Waals surface area contributed by atoms with Gasteiger partial charge in [-0.25, -0.2) is 0 Å². The van der Waals surface area contributed by atoms with Gasteiger partial charge in [0.25, 0.3) is 0 Å². The molecule has 1 amide bonds. The zero-order valence-electron chi connectivity index (χ0n) is 11.0. The molecule has 0 aromatic carbocycles. The van der Waals surface area contributed by atoms with Gasteiger partial charge in [-0.15, -0.1) is 11.3 Å². The number of ether oxygens (including phenoxy) is 1. The number of morpholine rings is 1. The van der Waals surface area contributed by atoms with Crippen LogP contribution in [0.15, 0.2) is 11.4 Å². The van der Waals surface area contributed by atoms with Crippen LogP contribution in [0, 0.1) is 0 Å². The van der Waals surface area contributed by atoms with Crippen molar-refractivity contribution in [2.75, 3.05) is 26.3 Å². The summed E-state index contributed by atoms with van der Waals surface area (Å²) in [6.45, 7) is 5.32. The Labute approximate surface area is 122 Å². The van der Waals surface area contributed by atoms with E-state index in [0.717, 1.165) is 16.3 Å². The Balaban J connectivity index is 1.88. The minimum atomic E-state index is -0.142. The first-order valence-corrected chi connectivity index (χ1v) is 7.80. The van der Waals surface area contributed by atoms with Gasteiger partial charge in [0.2, 0.25) is 5.91 Å². The van der Waals surface area contributed by atoms with E-state index in [0.29, 0.717) is 32.8 Å². The van der Waals surface area contributed by atoms with Crippen molar-refractivity contribution in [3.63, 3.8) is 0 Å². The Bertz CT molecular complexity index is 419. The second-order valence-electron chi connectivity index (χ2n) is 4.47. The van der Waals surface area contributed by atoms with Gasteiger partial charge in [-0.1, -0.05) is 18.5 Å². The molecule has 4 nitrogen and oxygen atoms in total. The van der Waals surface area contributed by atoms with Crippen LogP contribution in [0.1, 0.15) is 18.2 Å². The van der Waals surface area contributed by atoms with Crippen molar-refractivity contribution in [2.45, 2.75) is 25.9 Å². The Morgan fingerprint density at radius 3 is 2.89 bits per heavy atom. The van der Waals surface area contributed by atoms with E-state index in [1.807, 2.05) is 23.3 Å². The highest BCUT2D eigenvalue weighted by Crippen LogP contribution is 2.21. The van der Waals surface area contributed by atoms with E-state index in [1.54, 1.807) is 11.3 Å². The van der Waals surface area contributed by atoms with E-state index in [2.05, 4.69) is 5.32 Å².